The van der Waals surface area contributed by atoms with Gasteiger partial charge in [0.15, 0.2) is 0 Å². The summed E-state index contributed by atoms with van der Waals surface area (Å²) in [6.07, 6.45) is 9.92. The number of nitrogens with one attached hydrogen (secondary N) is 1. The molecular formula is C15H26N2O2. The van der Waals surface area contributed by atoms with E-state index in [1.54, 1.807) is 0 Å². The summed E-state index contributed by atoms with van der Waals surface area (Å²) in [7, 11) is 0. The number of likely N-dealkylation sites (tertiary alicyclic amines) is 1. The van der Waals surface area contributed by atoms with Crippen molar-refractivity contribution in [1.82, 2.24) is 10.2 Å². The average molecular weight is 266 g/mol. The molecule has 1 heterocycles. The Bertz CT molecular complexity index is 322. The van der Waals surface area contributed by atoms with Crippen molar-refractivity contribution < 1.29 is 9.59 Å². The van der Waals surface area contributed by atoms with E-state index in [2.05, 4.69) is 5.32 Å². The molecule has 0 aromatic carbocycles. The van der Waals surface area contributed by atoms with Gasteiger partial charge in [0, 0.05) is 12.6 Å². The van der Waals surface area contributed by atoms with Crippen LogP contribution in [0.3, 0.4) is 0 Å². The lowest BCUT2D eigenvalue weighted by Crippen LogP contribution is -2.44. The summed E-state index contributed by atoms with van der Waals surface area (Å²) in [6, 6.07) is 0.159. The normalized spacial score (nSPS) is 26.6. The molecule has 1 saturated heterocycles. The van der Waals surface area contributed by atoms with Gasteiger partial charge in [0.25, 0.3) is 0 Å². The van der Waals surface area contributed by atoms with Crippen molar-refractivity contribution in [3.8, 4) is 0 Å². The second-order valence-electron chi connectivity index (χ2n) is 5.85. The first-order valence-corrected chi connectivity index (χ1v) is 7.82. The number of imide groups is 1. The van der Waals surface area contributed by atoms with E-state index in [9.17, 15) is 9.59 Å². The third-order valence-corrected chi connectivity index (χ3v) is 4.23. The number of carbonyl (C=O) groups is 2. The Hall–Kier alpha value is -0.900. The molecule has 1 aliphatic heterocycles. The number of nitrogens with zero attached hydrogens (tertiary/aromatic N) is 1. The molecule has 1 aliphatic carbocycles. The molecule has 1 N–H and O–H groups in total. The Morgan fingerprint density at radius 1 is 1.11 bits per heavy atom. The van der Waals surface area contributed by atoms with Crippen LogP contribution in [0.4, 0.5) is 0 Å². The maximum absolute atomic E-state index is 12.2. The fourth-order valence-electron chi connectivity index (χ4n) is 3.18. The van der Waals surface area contributed by atoms with Gasteiger partial charge in [0.05, 0.1) is 12.5 Å². The highest BCUT2D eigenvalue weighted by molar-refractivity contribution is 6.05. The van der Waals surface area contributed by atoms with E-state index in [1.807, 2.05) is 6.92 Å². The Labute approximate surface area is 115 Å². The predicted octanol–water partition coefficient (Wildman–Crippen LogP) is 2.23. The van der Waals surface area contributed by atoms with Gasteiger partial charge in [-0.05, 0) is 19.3 Å². The van der Waals surface area contributed by atoms with Crippen LogP contribution < -0.4 is 5.32 Å². The summed E-state index contributed by atoms with van der Waals surface area (Å²) < 4.78 is 0. The highest BCUT2D eigenvalue weighted by atomic mass is 16.2. The third kappa shape index (κ3) is 3.78. The molecule has 1 unspecified atom stereocenters. The molecule has 19 heavy (non-hydrogen) atoms. The van der Waals surface area contributed by atoms with Gasteiger partial charge in [0.1, 0.15) is 0 Å². The summed E-state index contributed by atoms with van der Waals surface area (Å²) in [5, 5.41) is 3.44. The molecular weight excluding hydrogens is 240 g/mol. The van der Waals surface area contributed by atoms with Crippen molar-refractivity contribution in [1.29, 1.82) is 0 Å². The molecule has 108 valence electrons. The summed E-state index contributed by atoms with van der Waals surface area (Å²) >= 11 is 0. The van der Waals surface area contributed by atoms with Gasteiger partial charge in [0.2, 0.25) is 11.8 Å². The van der Waals surface area contributed by atoms with E-state index in [4.69, 9.17) is 0 Å². The summed E-state index contributed by atoms with van der Waals surface area (Å²) in [6.45, 7) is 2.57. The molecule has 4 nitrogen and oxygen atoms in total. The lowest BCUT2D eigenvalue weighted by atomic mass is 9.96. The molecule has 0 bridgehead atoms. The zero-order valence-corrected chi connectivity index (χ0v) is 12.0. The summed E-state index contributed by atoms with van der Waals surface area (Å²) in [5.74, 6) is -0.0101. The predicted molar refractivity (Wildman–Crippen MR) is 74.7 cm³/mol. The molecule has 0 aromatic rings. The van der Waals surface area contributed by atoms with Gasteiger partial charge in [-0.1, -0.05) is 39.0 Å². The Balaban J connectivity index is 1.88. The van der Waals surface area contributed by atoms with Crippen LogP contribution in [-0.2, 0) is 9.59 Å². The second kappa shape index (κ2) is 7.04. The fourth-order valence-corrected chi connectivity index (χ4v) is 3.18. The third-order valence-electron chi connectivity index (χ3n) is 4.23. The largest absolute Gasteiger partial charge is 0.303 e. The molecule has 0 radical (unpaired) electrons. The van der Waals surface area contributed by atoms with E-state index >= 15 is 0 Å². The molecule has 0 spiro atoms. The molecule has 1 atom stereocenters. The quantitative estimate of drug-likeness (QED) is 0.794. The molecule has 2 fully saturated rings. The van der Waals surface area contributed by atoms with Crippen molar-refractivity contribution in [2.24, 2.45) is 0 Å². The Morgan fingerprint density at radius 3 is 2.37 bits per heavy atom. The van der Waals surface area contributed by atoms with Crippen LogP contribution in [0.25, 0.3) is 0 Å². The lowest BCUT2D eigenvalue weighted by Gasteiger charge is -2.24. The first-order valence-electron chi connectivity index (χ1n) is 7.82. The monoisotopic (exact) mass is 266 g/mol. The standard InChI is InChI=1S/C15H26N2O2/c1-2-10-17-14(18)11-13(15(17)19)16-12-8-6-4-3-5-7-9-12/h12-13,16H,2-11H2,1H3. The number of rotatable bonds is 4. The van der Waals surface area contributed by atoms with Gasteiger partial charge < -0.3 is 5.32 Å². The van der Waals surface area contributed by atoms with Crippen LogP contribution in [0.5, 0.6) is 0 Å². The van der Waals surface area contributed by atoms with Crippen molar-refractivity contribution in [3.63, 3.8) is 0 Å². The van der Waals surface area contributed by atoms with E-state index in [-0.39, 0.29) is 17.9 Å². The lowest BCUT2D eigenvalue weighted by molar-refractivity contribution is -0.138. The zero-order chi connectivity index (χ0) is 13.7. The minimum absolute atomic E-state index is 0.00445. The van der Waals surface area contributed by atoms with Gasteiger partial charge >= 0.3 is 0 Å². The minimum atomic E-state index is -0.261. The summed E-state index contributed by atoms with van der Waals surface area (Å²) in [5.41, 5.74) is 0. The number of carbonyl (C=O) groups excluding carboxylic acids is 2. The van der Waals surface area contributed by atoms with Crippen LogP contribution >= 0.6 is 0 Å². The van der Waals surface area contributed by atoms with E-state index in [0.717, 1.165) is 19.3 Å². The van der Waals surface area contributed by atoms with Crippen molar-refractivity contribution in [3.05, 3.63) is 0 Å². The van der Waals surface area contributed by atoms with Crippen LogP contribution in [0.15, 0.2) is 0 Å². The van der Waals surface area contributed by atoms with Crippen LogP contribution in [0.1, 0.15) is 64.7 Å². The minimum Gasteiger partial charge on any atom is -0.303 e. The Kier molecular flexibility index (Phi) is 5.37. The Morgan fingerprint density at radius 2 is 1.74 bits per heavy atom. The second-order valence-corrected chi connectivity index (χ2v) is 5.85. The highest BCUT2D eigenvalue weighted by Crippen LogP contribution is 2.20. The molecule has 0 aromatic heterocycles. The molecule has 2 amide bonds. The van der Waals surface area contributed by atoms with Crippen LogP contribution in [0.2, 0.25) is 0 Å². The van der Waals surface area contributed by atoms with E-state index in [1.165, 1.54) is 37.0 Å². The zero-order valence-electron chi connectivity index (χ0n) is 12.0. The smallest absolute Gasteiger partial charge is 0.246 e. The number of hydrogen-bond acceptors (Lipinski definition) is 3. The molecule has 4 heteroatoms. The van der Waals surface area contributed by atoms with Crippen molar-refractivity contribution >= 4 is 11.8 Å². The first-order chi connectivity index (χ1) is 9.22. The van der Waals surface area contributed by atoms with E-state index < -0.39 is 0 Å². The topological polar surface area (TPSA) is 49.4 Å². The first kappa shape index (κ1) is 14.5. The number of hydrogen-bond donors (Lipinski definition) is 1. The van der Waals surface area contributed by atoms with Gasteiger partial charge in [-0.2, -0.15) is 0 Å². The molecule has 1 saturated carbocycles. The highest BCUT2D eigenvalue weighted by Gasteiger charge is 2.38. The summed E-state index contributed by atoms with van der Waals surface area (Å²) in [4.78, 5) is 25.4. The average Bonchev–Trinajstić information content (AvgIpc) is 2.61. The van der Waals surface area contributed by atoms with Crippen molar-refractivity contribution in [2.75, 3.05) is 6.54 Å². The SMILES string of the molecule is CCCN1C(=O)CC(NC2CCCCCCC2)C1=O. The molecule has 2 rings (SSSR count). The van der Waals surface area contributed by atoms with Gasteiger partial charge in [-0.15, -0.1) is 0 Å². The van der Waals surface area contributed by atoms with Gasteiger partial charge in [-0.3, -0.25) is 14.5 Å². The number of amides is 2. The van der Waals surface area contributed by atoms with Crippen molar-refractivity contribution in [2.45, 2.75) is 76.8 Å². The maximum atomic E-state index is 12.2. The molecule has 2 aliphatic rings. The van der Waals surface area contributed by atoms with Gasteiger partial charge in [-0.25, -0.2) is 0 Å². The fraction of sp³-hybridized carbons (Fsp3) is 0.867. The maximum Gasteiger partial charge on any atom is 0.246 e. The van der Waals surface area contributed by atoms with Crippen LogP contribution in [-0.4, -0.2) is 35.3 Å². The van der Waals surface area contributed by atoms with Crippen LogP contribution in [0, 0.1) is 0 Å². The van der Waals surface area contributed by atoms with E-state index in [0.29, 0.717) is 19.0 Å².